The predicted octanol–water partition coefficient (Wildman–Crippen LogP) is 3.70. The summed E-state index contributed by atoms with van der Waals surface area (Å²) < 4.78 is 14.1. The van der Waals surface area contributed by atoms with Crippen LogP contribution < -0.4 is 10.6 Å². The molecule has 1 aliphatic heterocycles. The van der Waals surface area contributed by atoms with Crippen molar-refractivity contribution in [2.24, 2.45) is 5.92 Å². The number of hydrogen-bond acceptors (Lipinski definition) is 3. The summed E-state index contributed by atoms with van der Waals surface area (Å²) >= 11 is 0. The lowest BCUT2D eigenvalue weighted by Crippen LogP contribution is -2.55. The number of hydrogen-bond donors (Lipinski definition) is 2. The van der Waals surface area contributed by atoms with Gasteiger partial charge in [-0.05, 0) is 62.8 Å². The van der Waals surface area contributed by atoms with E-state index in [2.05, 4.69) is 10.6 Å². The molecule has 0 aliphatic carbocycles. The summed E-state index contributed by atoms with van der Waals surface area (Å²) in [5, 5.41) is 5.93. The third-order valence-electron chi connectivity index (χ3n) is 6.36. The maximum atomic E-state index is 14.1. The molecule has 176 valence electrons. The van der Waals surface area contributed by atoms with Gasteiger partial charge < -0.3 is 15.5 Å². The highest BCUT2D eigenvalue weighted by Gasteiger charge is 2.35. The zero-order valence-electron chi connectivity index (χ0n) is 19.4. The second-order valence-electron chi connectivity index (χ2n) is 8.69. The fourth-order valence-corrected chi connectivity index (χ4v) is 4.12. The van der Waals surface area contributed by atoms with Crippen molar-refractivity contribution in [3.63, 3.8) is 0 Å². The van der Waals surface area contributed by atoms with Crippen molar-refractivity contribution < 1.29 is 18.8 Å². The molecular weight excluding hydrogens is 421 g/mol. The molecule has 33 heavy (non-hydrogen) atoms. The first-order chi connectivity index (χ1) is 15.8. The van der Waals surface area contributed by atoms with Crippen LogP contribution in [0.1, 0.15) is 59.4 Å². The molecule has 0 saturated carbocycles. The van der Waals surface area contributed by atoms with E-state index >= 15 is 0 Å². The largest absolute Gasteiger partial charge is 0.352 e. The summed E-state index contributed by atoms with van der Waals surface area (Å²) in [6.07, 6.45) is 1.85. The van der Waals surface area contributed by atoms with E-state index in [4.69, 9.17) is 0 Å². The Morgan fingerprint density at radius 2 is 1.61 bits per heavy atom. The van der Waals surface area contributed by atoms with Gasteiger partial charge >= 0.3 is 0 Å². The summed E-state index contributed by atoms with van der Waals surface area (Å²) in [5.74, 6) is -1.53. The van der Waals surface area contributed by atoms with E-state index in [1.165, 1.54) is 12.1 Å². The van der Waals surface area contributed by atoms with Crippen LogP contribution in [0.3, 0.4) is 0 Å². The number of piperidine rings is 1. The topological polar surface area (TPSA) is 78.5 Å². The van der Waals surface area contributed by atoms with Crippen molar-refractivity contribution in [3.05, 3.63) is 71.0 Å². The Labute approximate surface area is 194 Å². The summed E-state index contributed by atoms with van der Waals surface area (Å²) in [5.41, 5.74) is 1.42. The van der Waals surface area contributed by atoms with E-state index in [1.54, 1.807) is 29.2 Å². The minimum atomic E-state index is -0.711. The molecule has 2 atom stereocenters. The molecule has 6 nitrogen and oxygen atoms in total. The van der Waals surface area contributed by atoms with Crippen LogP contribution in [0.5, 0.6) is 0 Å². The van der Waals surface area contributed by atoms with Crippen LogP contribution in [0, 0.1) is 18.7 Å². The Morgan fingerprint density at radius 1 is 1.00 bits per heavy atom. The third-order valence-corrected chi connectivity index (χ3v) is 6.36. The number of carbonyl (C=O) groups excluding carboxylic acids is 3. The van der Waals surface area contributed by atoms with Crippen LogP contribution >= 0.6 is 0 Å². The summed E-state index contributed by atoms with van der Waals surface area (Å²) in [7, 11) is 0. The lowest BCUT2D eigenvalue weighted by atomic mass is 9.88. The summed E-state index contributed by atoms with van der Waals surface area (Å²) in [4.78, 5) is 40.4. The molecule has 0 unspecified atom stereocenters. The van der Waals surface area contributed by atoms with Crippen molar-refractivity contribution in [3.8, 4) is 0 Å². The summed E-state index contributed by atoms with van der Waals surface area (Å²) in [6, 6.07) is 12.5. The number of benzene rings is 2. The number of nitrogens with zero attached hydrogens (tertiary/aromatic N) is 1. The van der Waals surface area contributed by atoms with Gasteiger partial charge in [-0.25, -0.2) is 4.39 Å². The average molecular weight is 454 g/mol. The molecule has 3 amide bonds. The van der Waals surface area contributed by atoms with Gasteiger partial charge in [-0.3, -0.25) is 14.4 Å². The monoisotopic (exact) mass is 453 g/mol. The van der Waals surface area contributed by atoms with Crippen molar-refractivity contribution in [2.45, 2.75) is 52.1 Å². The second-order valence-corrected chi connectivity index (χ2v) is 8.69. The molecule has 0 aromatic heterocycles. The molecule has 1 fully saturated rings. The van der Waals surface area contributed by atoms with Gasteiger partial charge in [0.15, 0.2) is 0 Å². The smallest absolute Gasteiger partial charge is 0.256 e. The minimum absolute atomic E-state index is 0.0157. The first kappa shape index (κ1) is 24.4. The molecule has 2 N–H and O–H groups in total. The molecule has 2 aromatic rings. The standard InChI is InChI=1S/C26H32FN3O3/c1-4-18(3)28-25(32)23(29-24(31)20-10-6-5-9-17(20)2)19-13-15-30(16-14-19)26(33)21-11-7-8-12-22(21)27/h5-12,18-19,23H,4,13-16H2,1-3H3,(H,28,32)(H,29,31)/t18-,23+/m0/s1. The molecule has 1 saturated heterocycles. The zero-order chi connectivity index (χ0) is 24.0. The first-order valence-electron chi connectivity index (χ1n) is 11.5. The molecule has 1 aliphatic rings. The van der Waals surface area contributed by atoms with Gasteiger partial charge in [0.1, 0.15) is 11.9 Å². The van der Waals surface area contributed by atoms with Crippen LogP contribution in [0.4, 0.5) is 4.39 Å². The number of likely N-dealkylation sites (tertiary alicyclic amines) is 1. The van der Waals surface area contributed by atoms with Gasteiger partial charge in [0.2, 0.25) is 5.91 Å². The lowest BCUT2D eigenvalue weighted by molar-refractivity contribution is -0.125. The average Bonchev–Trinajstić information content (AvgIpc) is 2.82. The van der Waals surface area contributed by atoms with Crippen LogP contribution in [-0.4, -0.2) is 47.8 Å². The Morgan fingerprint density at radius 3 is 2.21 bits per heavy atom. The van der Waals surface area contributed by atoms with E-state index in [9.17, 15) is 18.8 Å². The Kier molecular flexibility index (Phi) is 8.20. The number of carbonyl (C=O) groups is 3. The SMILES string of the molecule is CC[C@H](C)NC(=O)[C@H](NC(=O)c1ccccc1C)C1CCN(C(=O)c2ccccc2F)CC1. The first-order valence-corrected chi connectivity index (χ1v) is 11.5. The molecular formula is C26H32FN3O3. The minimum Gasteiger partial charge on any atom is -0.352 e. The highest BCUT2D eigenvalue weighted by atomic mass is 19.1. The second kappa shape index (κ2) is 11.1. The number of amides is 3. The van der Waals surface area contributed by atoms with Crippen LogP contribution in [-0.2, 0) is 4.79 Å². The van der Waals surface area contributed by atoms with E-state index in [0.717, 1.165) is 12.0 Å². The van der Waals surface area contributed by atoms with Gasteiger partial charge in [0, 0.05) is 24.7 Å². The van der Waals surface area contributed by atoms with Crippen molar-refractivity contribution >= 4 is 17.7 Å². The lowest BCUT2D eigenvalue weighted by Gasteiger charge is -2.36. The third kappa shape index (κ3) is 5.97. The number of rotatable bonds is 7. The van der Waals surface area contributed by atoms with Crippen LogP contribution in [0.25, 0.3) is 0 Å². The van der Waals surface area contributed by atoms with Crippen molar-refractivity contribution in [1.82, 2.24) is 15.5 Å². The molecule has 2 aromatic carbocycles. The van der Waals surface area contributed by atoms with E-state index in [1.807, 2.05) is 32.9 Å². The maximum absolute atomic E-state index is 14.1. The molecule has 0 radical (unpaired) electrons. The van der Waals surface area contributed by atoms with Gasteiger partial charge in [-0.15, -0.1) is 0 Å². The molecule has 7 heteroatoms. The fourth-order valence-electron chi connectivity index (χ4n) is 4.12. The summed E-state index contributed by atoms with van der Waals surface area (Å²) in [6.45, 7) is 6.55. The Balaban J connectivity index is 1.72. The van der Waals surface area contributed by atoms with Crippen molar-refractivity contribution in [1.29, 1.82) is 0 Å². The van der Waals surface area contributed by atoms with Gasteiger partial charge in [0.05, 0.1) is 5.56 Å². The Hall–Kier alpha value is -3.22. The number of nitrogens with one attached hydrogen (secondary N) is 2. The van der Waals surface area contributed by atoms with Gasteiger partial charge in [-0.1, -0.05) is 37.3 Å². The zero-order valence-corrected chi connectivity index (χ0v) is 19.4. The van der Waals surface area contributed by atoms with Crippen molar-refractivity contribution in [2.75, 3.05) is 13.1 Å². The van der Waals surface area contributed by atoms with E-state index < -0.39 is 11.9 Å². The van der Waals surface area contributed by atoms with Crippen LogP contribution in [0.15, 0.2) is 48.5 Å². The quantitative estimate of drug-likeness (QED) is 0.671. The molecule has 3 rings (SSSR count). The Bertz CT molecular complexity index is 1000. The maximum Gasteiger partial charge on any atom is 0.256 e. The molecule has 0 spiro atoms. The highest BCUT2D eigenvalue weighted by molar-refractivity contribution is 5.99. The molecule has 0 bridgehead atoms. The predicted molar refractivity (Wildman–Crippen MR) is 125 cm³/mol. The number of aryl methyl sites for hydroxylation is 1. The van der Waals surface area contributed by atoms with Crippen LogP contribution in [0.2, 0.25) is 0 Å². The van der Waals surface area contributed by atoms with Gasteiger partial charge in [-0.2, -0.15) is 0 Å². The molecule has 1 heterocycles. The number of halogens is 1. The fraction of sp³-hybridized carbons (Fsp3) is 0.423. The van der Waals surface area contributed by atoms with E-state index in [0.29, 0.717) is 31.5 Å². The normalized spacial score (nSPS) is 16.1. The van der Waals surface area contributed by atoms with Gasteiger partial charge in [0.25, 0.3) is 11.8 Å². The van der Waals surface area contributed by atoms with E-state index in [-0.39, 0.29) is 35.2 Å². The highest BCUT2D eigenvalue weighted by Crippen LogP contribution is 2.24.